The summed E-state index contributed by atoms with van der Waals surface area (Å²) in [4.78, 5) is 13.0. The fourth-order valence-electron chi connectivity index (χ4n) is 2.61. The third-order valence-corrected chi connectivity index (χ3v) is 4.77. The maximum absolute atomic E-state index is 13.0. The van der Waals surface area contributed by atoms with Crippen molar-refractivity contribution in [3.05, 3.63) is 66.2 Å². The predicted molar refractivity (Wildman–Crippen MR) is 95.8 cm³/mol. The van der Waals surface area contributed by atoms with Crippen molar-refractivity contribution in [3.8, 4) is 11.5 Å². The quantitative estimate of drug-likeness (QED) is 0.666. The second kappa shape index (κ2) is 6.80. The van der Waals surface area contributed by atoms with Crippen LogP contribution in [0.25, 0.3) is 10.8 Å². The van der Waals surface area contributed by atoms with Crippen LogP contribution in [-0.2, 0) is 0 Å². The Bertz CT molecular complexity index is 844. The molecule has 23 heavy (non-hydrogen) atoms. The van der Waals surface area contributed by atoms with E-state index >= 15 is 0 Å². The number of hydrogen-bond acceptors (Lipinski definition) is 3. The van der Waals surface area contributed by atoms with Crippen LogP contribution in [0.2, 0.25) is 0 Å². The molecule has 1 atom stereocenters. The van der Waals surface area contributed by atoms with Gasteiger partial charge in [-0.05, 0) is 31.4 Å². The molecule has 0 aliphatic carbocycles. The minimum absolute atomic E-state index is 0.0417. The van der Waals surface area contributed by atoms with E-state index in [-0.39, 0.29) is 14.1 Å². The first-order valence-corrected chi connectivity index (χ1v) is 8.24. The molecular formula is C19H17O3P. The second-order valence-electron chi connectivity index (χ2n) is 5.02. The lowest BCUT2D eigenvalue weighted by atomic mass is 10.0. The van der Waals surface area contributed by atoms with E-state index < -0.39 is 0 Å². The van der Waals surface area contributed by atoms with Gasteiger partial charge in [0.2, 0.25) is 0 Å². The van der Waals surface area contributed by atoms with E-state index in [1.807, 2.05) is 60.7 Å². The van der Waals surface area contributed by atoms with Crippen molar-refractivity contribution in [2.75, 3.05) is 14.2 Å². The van der Waals surface area contributed by atoms with Crippen LogP contribution in [0, 0.1) is 0 Å². The van der Waals surface area contributed by atoms with E-state index in [0.717, 1.165) is 16.1 Å². The molecule has 0 aromatic heterocycles. The Morgan fingerprint density at radius 1 is 0.826 bits per heavy atom. The predicted octanol–water partition coefficient (Wildman–Crippen LogP) is 4.00. The van der Waals surface area contributed by atoms with Gasteiger partial charge in [-0.25, -0.2) is 0 Å². The van der Waals surface area contributed by atoms with Crippen LogP contribution in [0.4, 0.5) is 0 Å². The lowest BCUT2D eigenvalue weighted by molar-refractivity contribution is 0.108. The molecule has 0 radical (unpaired) electrons. The zero-order chi connectivity index (χ0) is 16.2. The summed E-state index contributed by atoms with van der Waals surface area (Å²) < 4.78 is 10.9. The summed E-state index contributed by atoms with van der Waals surface area (Å²) in [6.07, 6.45) is 0. The first kappa shape index (κ1) is 15.5. The minimum atomic E-state index is 0.0417. The van der Waals surface area contributed by atoms with Crippen LogP contribution >= 0.6 is 8.58 Å². The SMILES string of the molecule is COc1ccc2cccc(OC)c2c1C(=O)Pc1ccccc1. The van der Waals surface area contributed by atoms with Gasteiger partial charge in [0.25, 0.3) is 0 Å². The number of ether oxygens (including phenoxy) is 2. The topological polar surface area (TPSA) is 35.5 Å². The van der Waals surface area contributed by atoms with E-state index in [2.05, 4.69) is 0 Å². The average molecular weight is 324 g/mol. The Balaban J connectivity index is 2.16. The molecule has 0 aliphatic rings. The molecule has 0 saturated heterocycles. The van der Waals surface area contributed by atoms with Crippen LogP contribution in [0.15, 0.2) is 60.7 Å². The molecule has 4 heteroatoms. The number of benzene rings is 3. The maximum Gasteiger partial charge on any atom is 0.190 e. The number of methoxy groups -OCH3 is 2. The van der Waals surface area contributed by atoms with E-state index in [4.69, 9.17) is 9.47 Å². The van der Waals surface area contributed by atoms with Gasteiger partial charge >= 0.3 is 0 Å². The lowest BCUT2D eigenvalue weighted by Crippen LogP contribution is -2.04. The highest BCUT2D eigenvalue weighted by atomic mass is 31.1. The molecule has 3 aromatic rings. The van der Waals surface area contributed by atoms with Crippen molar-refractivity contribution >= 4 is 30.2 Å². The zero-order valence-electron chi connectivity index (χ0n) is 13.0. The number of hydrogen-bond donors (Lipinski definition) is 0. The van der Waals surface area contributed by atoms with Crippen molar-refractivity contribution in [2.45, 2.75) is 0 Å². The molecule has 1 unspecified atom stereocenters. The van der Waals surface area contributed by atoms with E-state index in [9.17, 15) is 4.79 Å². The summed E-state index contributed by atoms with van der Waals surface area (Å²) in [7, 11) is 3.24. The van der Waals surface area contributed by atoms with Crippen molar-refractivity contribution in [3.63, 3.8) is 0 Å². The van der Waals surface area contributed by atoms with Gasteiger partial charge in [0.15, 0.2) is 5.52 Å². The molecule has 116 valence electrons. The smallest absolute Gasteiger partial charge is 0.190 e. The summed E-state index contributed by atoms with van der Waals surface area (Å²) in [5, 5.41) is 2.78. The number of fused-ring (bicyclic) bond motifs is 1. The van der Waals surface area contributed by atoms with Gasteiger partial charge in [-0.2, -0.15) is 0 Å². The van der Waals surface area contributed by atoms with Gasteiger partial charge < -0.3 is 9.47 Å². The number of rotatable bonds is 5. The maximum atomic E-state index is 13.0. The van der Waals surface area contributed by atoms with Gasteiger partial charge in [0.1, 0.15) is 11.5 Å². The van der Waals surface area contributed by atoms with Gasteiger partial charge in [-0.1, -0.05) is 48.5 Å². The van der Waals surface area contributed by atoms with Crippen LogP contribution in [0.5, 0.6) is 11.5 Å². The third kappa shape index (κ3) is 3.06. The van der Waals surface area contributed by atoms with Gasteiger partial charge in [-0.15, -0.1) is 0 Å². The summed E-state index contributed by atoms with van der Waals surface area (Å²) in [6, 6.07) is 19.3. The summed E-state index contributed by atoms with van der Waals surface area (Å²) in [5.74, 6) is 1.26. The molecule has 0 aliphatic heterocycles. The Labute approximate surface area is 137 Å². The molecule has 3 aromatic carbocycles. The normalized spacial score (nSPS) is 11.0. The Morgan fingerprint density at radius 3 is 2.26 bits per heavy atom. The van der Waals surface area contributed by atoms with E-state index in [0.29, 0.717) is 17.1 Å². The van der Waals surface area contributed by atoms with Crippen LogP contribution < -0.4 is 14.8 Å². The van der Waals surface area contributed by atoms with Crippen LogP contribution in [0.1, 0.15) is 10.4 Å². The fraction of sp³-hybridized carbons (Fsp3) is 0.105. The first-order chi connectivity index (χ1) is 11.2. The minimum Gasteiger partial charge on any atom is -0.496 e. The molecule has 0 amide bonds. The highest BCUT2D eigenvalue weighted by molar-refractivity contribution is 7.66. The lowest BCUT2D eigenvalue weighted by Gasteiger charge is -2.14. The average Bonchev–Trinajstić information content (AvgIpc) is 2.60. The highest BCUT2D eigenvalue weighted by Crippen LogP contribution is 2.37. The zero-order valence-corrected chi connectivity index (χ0v) is 14.0. The Morgan fingerprint density at radius 2 is 1.57 bits per heavy atom. The van der Waals surface area contributed by atoms with Crippen LogP contribution in [-0.4, -0.2) is 19.7 Å². The Hall–Kier alpha value is -2.38. The molecule has 0 fully saturated rings. The monoisotopic (exact) mass is 324 g/mol. The molecule has 0 N–H and O–H groups in total. The summed E-state index contributed by atoms with van der Waals surface area (Å²) in [6.45, 7) is 0. The van der Waals surface area contributed by atoms with Crippen molar-refractivity contribution in [2.24, 2.45) is 0 Å². The molecular weight excluding hydrogens is 307 g/mol. The van der Waals surface area contributed by atoms with Gasteiger partial charge in [-0.3, -0.25) is 4.79 Å². The van der Waals surface area contributed by atoms with Gasteiger partial charge in [0, 0.05) is 5.39 Å². The number of carbonyl (C=O) groups is 1. The van der Waals surface area contributed by atoms with Crippen molar-refractivity contribution in [1.82, 2.24) is 0 Å². The molecule has 0 bridgehead atoms. The van der Waals surface area contributed by atoms with Crippen LogP contribution in [0.3, 0.4) is 0 Å². The van der Waals surface area contributed by atoms with E-state index in [1.165, 1.54) is 0 Å². The fourth-order valence-corrected chi connectivity index (χ4v) is 3.60. The second-order valence-corrected chi connectivity index (χ2v) is 6.30. The summed E-state index contributed by atoms with van der Waals surface area (Å²) in [5.41, 5.74) is 0.632. The third-order valence-electron chi connectivity index (χ3n) is 3.67. The standard InChI is InChI=1S/C19H17O3P/c1-21-15-10-6-7-13-11-12-16(22-2)18(17(13)15)19(20)23-14-8-4-3-5-9-14/h3-12,23H,1-2H3. The van der Waals surface area contributed by atoms with Gasteiger partial charge in [0.05, 0.1) is 19.8 Å². The molecule has 0 saturated carbocycles. The summed E-state index contributed by atoms with van der Waals surface area (Å²) >= 11 is 0. The molecule has 3 nitrogen and oxygen atoms in total. The largest absolute Gasteiger partial charge is 0.496 e. The van der Waals surface area contributed by atoms with E-state index in [1.54, 1.807) is 14.2 Å². The Kier molecular flexibility index (Phi) is 4.59. The van der Waals surface area contributed by atoms with Crippen molar-refractivity contribution < 1.29 is 14.3 Å². The highest BCUT2D eigenvalue weighted by Gasteiger charge is 2.19. The first-order valence-electron chi connectivity index (χ1n) is 7.24. The molecule has 3 rings (SSSR count). The molecule has 0 heterocycles. The van der Waals surface area contributed by atoms with Crippen molar-refractivity contribution in [1.29, 1.82) is 0 Å². The number of carbonyl (C=O) groups excluding carboxylic acids is 1. The molecule has 0 spiro atoms.